The molecule has 3 aromatic heterocycles. The summed E-state index contributed by atoms with van der Waals surface area (Å²) in [6, 6.07) is 13.7. The lowest BCUT2D eigenvalue weighted by Crippen LogP contribution is -1.86. The van der Waals surface area contributed by atoms with Crippen LogP contribution in [0.3, 0.4) is 0 Å². The van der Waals surface area contributed by atoms with Crippen molar-refractivity contribution in [2.24, 2.45) is 0 Å². The van der Waals surface area contributed by atoms with Gasteiger partial charge in [-0.15, -0.1) is 0 Å². The van der Waals surface area contributed by atoms with Gasteiger partial charge in [-0.2, -0.15) is 5.10 Å². The second-order valence-corrected chi connectivity index (χ2v) is 4.74. The summed E-state index contributed by atoms with van der Waals surface area (Å²) in [7, 11) is 0. The maximum Gasteiger partial charge on any atom is 0.135 e. The Morgan fingerprint density at radius 1 is 0.955 bits per heavy atom. The molecule has 6 nitrogen and oxygen atoms in total. The number of nitrogens with zero attached hydrogens (tertiary/aromatic N) is 4. The summed E-state index contributed by atoms with van der Waals surface area (Å²) in [5.41, 5.74) is 5.28. The molecule has 1 aromatic carbocycles. The number of hydrogen-bond donors (Lipinski definition) is 1. The number of H-pyrrole nitrogens is 1. The molecule has 6 heteroatoms. The van der Waals surface area contributed by atoms with Crippen LogP contribution in [-0.4, -0.2) is 25.5 Å². The van der Waals surface area contributed by atoms with Gasteiger partial charge < -0.3 is 0 Å². The van der Waals surface area contributed by atoms with Crippen LogP contribution in [0.5, 0.6) is 0 Å². The van der Waals surface area contributed by atoms with Gasteiger partial charge in [-0.05, 0) is 28.9 Å². The predicted octanol–water partition coefficient (Wildman–Crippen LogP) is 3.19. The lowest BCUT2D eigenvalue weighted by atomic mass is 10.0. The van der Waals surface area contributed by atoms with Crippen LogP contribution in [0.25, 0.3) is 33.8 Å². The van der Waals surface area contributed by atoms with E-state index in [0.29, 0.717) is 5.69 Å². The number of benzene rings is 1. The fraction of sp³-hybridized carbons (Fsp3) is 0. The van der Waals surface area contributed by atoms with E-state index in [9.17, 15) is 0 Å². The second kappa shape index (κ2) is 5.25. The normalized spacial score (nSPS) is 10.7. The molecule has 0 unspecified atom stereocenters. The van der Waals surface area contributed by atoms with Gasteiger partial charge in [0, 0.05) is 23.5 Å². The van der Waals surface area contributed by atoms with Crippen LogP contribution < -0.4 is 0 Å². The molecule has 1 N–H and O–H groups in total. The van der Waals surface area contributed by atoms with Gasteiger partial charge in [-0.1, -0.05) is 29.4 Å². The topological polar surface area (TPSA) is 80.5 Å². The van der Waals surface area contributed by atoms with Crippen molar-refractivity contribution in [1.82, 2.24) is 25.5 Å². The van der Waals surface area contributed by atoms with E-state index < -0.39 is 0 Å². The Hall–Kier alpha value is -3.28. The third kappa shape index (κ3) is 2.16. The summed E-state index contributed by atoms with van der Waals surface area (Å²) in [5, 5.41) is 14.7. The van der Waals surface area contributed by atoms with Gasteiger partial charge in [-0.25, -0.2) is 4.63 Å². The maximum absolute atomic E-state index is 4.66. The molecule has 0 aliphatic heterocycles. The first kappa shape index (κ1) is 12.5. The van der Waals surface area contributed by atoms with Gasteiger partial charge in [0.1, 0.15) is 11.4 Å². The van der Waals surface area contributed by atoms with Crippen LogP contribution >= 0.6 is 0 Å². The standard InChI is InChI=1S/C16H11N5O/c1-2-7-17-14(6-1)16-13(9-18-20-16)11-4-3-5-12(8-11)15-10-19-22-21-15/h1-10H,(H,18,20). The number of nitrogens with one attached hydrogen (secondary N) is 1. The average Bonchev–Trinajstić information content (AvgIpc) is 3.27. The third-order valence-electron chi connectivity index (χ3n) is 3.38. The van der Waals surface area contributed by atoms with Crippen molar-refractivity contribution < 1.29 is 4.63 Å². The fourth-order valence-corrected chi connectivity index (χ4v) is 2.35. The summed E-state index contributed by atoms with van der Waals surface area (Å²) >= 11 is 0. The number of hydrogen-bond acceptors (Lipinski definition) is 5. The Bertz CT molecular complexity index is 884. The van der Waals surface area contributed by atoms with Crippen molar-refractivity contribution >= 4 is 0 Å². The summed E-state index contributed by atoms with van der Waals surface area (Å²) < 4.78 is 4.66. The molecule has 0 spiro atoms. The maximum atomic E-state index is 4.66. The highest BCUT2D eigenvalue weighted by Gasteiger charge is 2.12. The Balaban J connectivity index is 1.81. The van der Waals surface area contributed by atoms with Crippen LogP contribution in [0.4, 0.5) is 0 Å². The summed E-state index contributed by atoms with van der Waals surface area (Å²) in [5.74, 6) is 0. The Labute approximate surface area is 125 Å². The van der Waals surface area contributed by atoms with E-state index >= 15 is 0 Å². The smallest absolute Gasteiger partial charge is 0.135 e. The molecule has 22 heavy (non-hydrogen) atoms. The van der Waals surface area contributed by atoms with Crippen molar-refractivity contribution in [1.29, 1.82) is 0 Å². The van der Waals surface area contributed by atoms with E-state index in [1.807, 2.05) is 48.7 Å². The minimum Gasteiger partial charge on any atom is -0.284 e. The zero-order valence-corrected chi connectivity index (χ0v) is 11.5. The molecule has 0 saturated heterocycles. The first-order valence-corrected chi connectivity index (χ1v) is 6.75. The van der Waals surface area contributed by atoms with Gasteiger partial charge in [-0.3, -0.25) is 10.1 Å². The van der Waals surface area contributed by atoms with Crippen LogP contribution in [0.2, 0.25) is 0 Å². The van der Waals surface area contributed by atoms with Crippen molar-refractivity contribution in [2.45, 2.75) is 0 Å². The molecule has 0 radical (unpaired) electrons. The molecule has 3 heterocycles. The van der Waals surface area contributed by atoms with Gasteiger partial charge >= 0.3 is 0 Å². The van der Waals surface area contributed by atoms with E-state index in [2.05, 4.69) is 30.1 Å². The van der Waals surface area contributed by atoms with Crippen molar-refractivity contribution in [2.75, 3.05) is 0 Å². The Morgan fingerprint density at radius 3 is 2.73 bits per heavy atom. The average molecular weight is 289 g/mol. The monoisotopic (exact) mass is 289 g/mol. The quantitative estimate of drug-likeness (QED) is 0.626. The van der Waals surface area contributed by atoms with E-state index in [1.165, 1.54) is 0 Å². The highest BCUT2D eigenvalue weighted by Crippen LogP contribution is 2.31. The first-order valence-electron chi connectivity index (χ1n) is 6.75. The highest BCUT2D eigenvalue weighted by atomic mass is 16.6. The van der Waals surface area contributed by atoms with Crippen LogP contribution in [0, 0.1) is 0 Å². The number of aromatic nitrogens is 5. The van der Waals surface area contributed by atoms with Crippen molar-refractivity contribution in [3.63, 3.8) is 0 Å². The molecule has 0 saturated carbocycles. The molecular weight excluding hydrogens is 278 g/mol. The summed E-state index contributed by atoms with van der Waals surface area (Å²) in [6.07, 6.45) is 5.21. The van der Waals surface area contributed by atoms with E-state index in [-0.39, 0.29) is 0 Å². The highest BCUT2D eigenvalue weighted by molar-refractivity contribution is 5.80. The molecule has 106 valence electrons. The molecule has 0 amide bonds. The predicted molar refractivity (Wildman–Crippen MR) is 80.5 cm³/mol. The van der Waals surface area contributed by atoms with E-state index in [4.69, 9.17) is 0 Å². The van der Waals surface area contributed by atoms with Gasteiger partial charge in [0.2, 0.25) is 0 Å². The van der Waals surface area contributed by atoms with Crippen LogP contribution in [-0.2, 0) is 0 Å². The zero-order valence-electron chi connectivity index (χ0n) is 11.5. The van der Waals surface area contributed by atoms with Gasteiger partial charge in [0.25, 0.3) is 0 Å². The molecule has 0 aliphatic carbocycles. The van der Waals surface area contributed by atoms with E-state index in [1.54, 1.807) is 12.4 Å². The third-order valence-corrected chi connectivity index (χ3v) is 3.38. The molecule has 0 aliphatic rings. The zero-order chi connectivity index (χ0) is 14.8. The van der Waals surface area contributed by atoms with Crippen LogP contribution in [0.15, 0.2) is 65.7 Å². The van der Waals surface area contributed by atoms with Crippen LogP contribution in [0.1, 0.15) is 0 Å². The Morgan fingerprint density at radius 2 is 1.91 bits per heavy atom. The molecule has 4 aromatic rings. The Kier molecular flexibility index (Phi) is 2.97. The number of pyridine rings is 1. The summed E-state index contributed by atoms with van der Waals surface area (Å²) in [6.45, 7) is 0. The van der Waals surface area contributed by atoms with Crippen molar-refractivity contribution in [3.05, 3.63) is 61.1 Å². The molecule has 0 atom stereocenters. The molecule has 4 rings (SSSR count). The minimum absolute atomic E-state index is 0.699. The SMILES string of the molecule is c1ccc(-c2n[nH]cc2-c2cccc(-c3cnon3)c2)nc1. The van der Waals surface area contributed by atoms with Crippen molar-refractivity contribution in [3.8, 4) is 33.8 Å². The van der Waals surface area contributed by atoms with Gasteiger partial charge in [0.15, 0.2) is 0 Å². The molecular formula is C16H11N5O. The fourth-order valence-electron chi connectivity index (χ4n) is 2.35. The van der Waals surface area contributed by atoms with Gasteiger partial charge in [0.05, 0.1) is 11.9 Å². The minimum atomic E-state index is 0.699. The lowest BCUT2D eigenvalue weighted by Gasteiger charge is -2.04. The van der Waals surface area contributed by atoms with E-state index in [0.717, 1.165) is 28.1 Å². The largest absolute Gasteiger partial charge is 0.284 e. The second-order valence-electron chi connectivity index (χ2n) is 4.74. The first-order chi connectivity index (χ1) is 10.9. The lowest BCUT2D eigenvalue weighted by molar-refractivity contribution is 0.308. The number of aromatic amines is 1. The molecule has 0 fully saturated rings. The molecule has 0 bridgehead atoms. The number of rotatable bonds is 3. The summed E-state index contributed by atoms with van der Waals surface area (Å²) in [4.78, 5) is 4.36.